The molecule has 62 valence electrons. The third-order valence-corrected chi connectivity index (χ3v) is 1.74. The minimum Gasteiger partial charge on any atom is -0.314 e. The van der Waals surface area contributed by atoms with Gasteiger partial charge in [0.25, 0.3) is 0 Å². The molecule has 1 aromatic rings. The predicted octanol–water partition coefficient (Wildman–Crippen LogP) is 0.550. The van der Waals surface area contributed by atoms with E-state index in [2.05, 4.69) is 5.10 Å². The van der Waals surface area contributed by atoms with E-state index in [1.165, 1.54) is 0 Å². The van der Waals surface area contributed by atoms with Crippen LogP contribution in [0.25, 0.3) is 0 Å². The van der Waals surface area contributed by atoms with Gasteiger partial charge in [0.05, 0.1) is 12.7 Å². The first-order valence-corrected chi connectivity index (χ1v) is 3.48. The van der Waals surface area contributed by atoms with Crippen LogP contribution in [-0.2, 0) is 13.6 Å². The van der Waals surface area contributed by atoms with Crippen LogP contribution in [0.1, 0.15) is 11.3 Å². The Morgan fingerprint density at radius 1 is 1.73 bits per heavy atom. The monoisotopic (exact) mass is 155 g/mol. The summed E-state index contributed by atoms with van der Waals surface area (Å²) in [5.74, 6) is 0. The molecule has 0 fully saturated rings. The van der Waals surface area contributed by atoms with Gasteiger partial charge in [-0.15, -0.1) is 0 Å². The Morgan fingerprint density at radius 2 is 2.36 bits per heavy atom. The van der Waals surface area contributed by atoms with Gasteiger partial charge in [0.1, 0.15) is 0 Å². The Kier molecular flexibility index (Phi) is 2.26. The number of aromatic nitrogens is 2. The van der Waals surface area contributed by atoms with Crippen molar-refractivity contribution in [3.63, 3.8) is 0 Å². The Morgan fingerprint density at radius 3 is 2.73 bits per heavy atom. The molecule has 0 aliphatic carbocycles. The molecule has 0 bridgehead atoms. The molecule has 4 heteroatoms. The van der Waals surface area contributed by atoms with E-state index >= 15 is 0 Å². The fourth-order valence-corrected chi connectivity index (χ4v) is 0.946. The molecule has 0 amide bonds. The first kappa shape index (κ1) is 8.23. The van der Waals surface area contributed by atoms with Crippen molar-refractivity contribution < 1.29 is 5.21 Å². The number of nitrogens with zero attached hydrogens (tertiary/aromatic N) is 3. The first-order valence-electron chi connectivity index (χ1n) is 3.48. The minimum atomic E-state index is 0.527. The van der Waals surface area contributed by atoms with Crippen LogP contribution in [0.2, 0.25) is 0 Å². The van der Waals surface area contributed by atoms with Crippen molar-refractivity contribution >= 4 is 0 Å². The lowest BCUT2D eigenvalue weighted by atomic mass is 10.2. The van der Waals surface area contributed by atoms with E-state index < -0.39 is 0 Å². The molecule has 0 aromatic carbocycles. The molecule has 4 nitrogen and oxygen atoms in total. The van der Waals surface area contributed by atoms with E-state index in [1.807, 2.05) is 14.0 Å². The number of rotatable bonds is 2. The van der Waals surface area contributed by atoms with Crippen molar-refractivity contribution in [2.75, 3.05) is 7.05 Å². The highest BCUT2D eigenvalue weighted by atomic mass is 16.5. The van der Waals surface area contributed by atoms with Crippen LogP contribution in [-0.4, -0.2) is 27.1 Å². The predicted molar refractivity (Wildman–Crippen MR) is 41.2 cm³/mol. The maximum absolute atomic E-state index is 8.94. The second kappa shape index (κ2) is 3.02. The first-order chi connectivity index (χ1) is 5.11. The zero-order valence-electron chi connectivity index (χ0n) is 7.07. The van der Waals surface area contributed by atoms with Gasteiger partial charge in [-0.05, 0) is 6.92 Å². The number of aryl methyl sites for hydroxylation is 1. The van der Waals surface area contributed by atoms with Crippen LogP contribution in [0.3, 0.4) is 0 Å². The van der Waals surface area contributed by atoms with Gasteiger partial charge in [0.15, 0.2) is 0 Å². The van der Waals surface area contributed by atoms with Crippen molar-refractivity contribution in [3.8, 4) is 0 Å². The number of hydrogen-bond acceptors (Lipinski definition) is 3. The van der Waals surface area contributed by atoms with Crippen molar-refractivity contribution in [2.24, 2.45) is 7.05 Å². The topological polar surface area (TPSA) is 41.3 Å². The van der Waals surface area contributed by atoms with Crippen LogP contribution in [0.4, 0.5) is 0 Å². The van der Waals surface area contributed by atoms with Gasteiger partial charge in [-0.2, -0.15) is 10.2 Å². The maximum atomic E-state index is 8.94. The van der Waals surface area contributed by atoms with Crippen LogP contribution in [0, 0.1) is 6.92 Å². The van der Waals surface area contributed by atoms with E-state index in [-0.39, 0.29) is 0 Å². The molecule has 0 unspecified atom stereocenters. The molecule has 1 N–H and O–H groups in total. The maximum Gasteiger partial charge on any atom is 0.0538 e. The Hall–Kier alpha value is -0.870. The average molecular weight is 155 g/mol. The Labute approximate surface area is 66.0 Å². The molecular formula is C7H13N3O. The fourth-order valence-electron chi connectivity index (χ4n) is 0.946. The molecule has 1 rings (SSSR count). The summed E-state index contributed by atoms with van der Waals surface area (Å²) >= 11 is 0. The highest BCUT2D eigenvalue weighted by Gasteiger charge is 2.04. The van der Waals surface area contributed by atoms with Crippen LogP contribution >= 0.6 is 0 Å². The zero-order chi connectivity index (χ0) is 8.43. The summed E-state index contributed by atoms with van der Waals surface area (Å²) in [6.45, 7) is 2.51. The molecule has 0 saturated heterocycles. The summed E-state index contributed by atoms with van der Waals surface area (Å²) in [5, 5.41) is 14.1. The second-order valence-corrected chi connectivity index (χ2v) is 2.69. The number of hydroxylamine groups is 2. The van der Waals surface area contributed by atoms with Crippen molar-refractivity contribution in [1.82, 2.24) is 14.8 Å². The summed E-state index contributed by atoms with van der Waals surface area (Å²) < 4.78 is 1.79. The van der Waals surface area contributed by atoms with Crippen molar-refractivity contribution in [1.29, 1.82) is 0 Å². The smallest absolute Gasteiger partial charge is 0.0538 e. The van der Waals surface area contributed by atoms with Crippen LogP contribution in [0.5, 0.6) is 0 Å². The molecule has 0 spiro atoms. The zero-order valence-corrected chi connectivity index (χ0v) is 7.07. The minimum absolute atomic E-state index is 0.527. The molecule has 1 heterocycles. The highest BCUT2D eigenvalue weighted by Crippen LogP contribution is 2.06. The largest absolute Gasteiger partial charge is 0.314 e. The van der Waals surface area contributed by atoms with E-state index in [4.69, 9.17) is 5.21 Å². The SMILES string of the molecule is Cc1c(CN(C)O)cnn1C. The molecule has 0 aliphatic rings. The van der Waals surface area contributed by atoms with Crippen molar-refractivity contribution in [3.05, 3.63) is 17.5 Å². The Bertz CT molecular complexity index is 242. The summed E-state index contributed by atoms with van der Waals surface area (Å²) in [4.78, 5) is 0. The molecule has 0 aliphatic heterocycles. The van der Waals surface area contributed by atoms with Gasteiger partial charge in [0.2, 0.25) is 0 Å². The summed E-state index contributed by atoms with van der Waals surface area (Å²) in [5.41, 5.74) is 2.14. The average Bonchev–Trinajstić information content (AvgIpc) is 2.18. The third-order valence-electron chi connectivity index (χ3n) is 1.74. The van der Waals surface area contributed by atoms with E-state index in [1.54, 1.807) is 17.9 Å². The van der Waals surface area contributed by atoms with Gasteiger partial charge in [-0.1, -0.05) is 0 Å². The summed E-state index contributed by atoms with van der Waals surface area (Å²) in [6, 6.07) is 0. The lowest BCUT2D eigenvalue weighted by Gasteiger charge is -2.06. The standard InChI is InChI=1S/C7H13N3O/c1-6-7(5-9(2)11)4-8-10(6)3/h4,11H,5H2,1-3H3. The summed E-state index contributed by atoms with van der Waals surface area (Å²) in [7, 11) is 3.50. The molecule has 0 saturated carbocycles. The van der Waals surface area contributed by atoms with Crippen molar-refractivity contribution in [2.45, 2.75) is 13.5 Å². The lowest BCUT2D eigenvalue weighted by molar-refractivity contribution is -0.0733. The van der Waals surface area contributed by atoms with Crippen LogP contribution in [0.15, 0.2) is 6.20 Å². The fraction of sp³-hybridized carbons (Fsp3) is 0.571. The summed E-state index contributed by atoms with van der Waals surface area (Å²) in [6.07, 6.45) is 1.77. The van der Waals surface area contributed by atoms with Gasteiger partial charge in [-0.25, -0.2) is 0 Å². The van der Waals surface area contributed by atoms with E-state index in [0.29, 0.717) is 6.54 Å². The molecular weight excluding hydrogens is 142 g/mol. The van der Waals surface area contributed by atoms with Gasteiger partial charge < -0.3 is 5.21 Å². The highest BCUT2D eigenvalue weighted by molar-refractivity contribution is 5.14. The third kappa shape index (κ3) is 1.78. The second-order valence-electron chi connectivity index (χ2n) is 2.69. The molecule has 11 heavy (non-hydrogen) atoms. The van der Waals surface area contributed by atoms with Gasteiger partial charge in [0, 0.05) is 25.4 Å². The van der Waals surface area contributed by atoms with E-state index in [9.17, 15) is 0 Å². The van der Waals surface area contributed by atoms with E-state index in [0.717, 1.165) is 16.3 Å². The normalized spacial score (nSPS) is 11.0. The molecule has 0 atom stereocenters. The lowest BCUT2D eigenvalue weighted by Crippen LogP contribution is -2.12. The Balaban J connectivity index is 2.79. The van der Waals surface area contributed by atoms with Gasteiger partial charge in [-0.3, -0.25) is 4.68 Å². The quantitative estimate of drug-likeness (QED) is 0.634. The molecule has 0 radical (unpaired) electrons. The van der Waals surface area contributed by atoms with Gasteiger partial charge >= 0.3 is 0 Å². The molecule has 1 aromatic heterocycles. The van der Waals surface area contributed by atoms with Crippen LogP contribution < -0.4 is 0 Å². The number of hydrogen-bond donors (Lipinski definition) is 1.